The first-order valence-electron chi connectivity index (χ1n) is 6.34. The van der Waals surface area contributed by atoms with Crippen LogP contribution >= 0.6 is 0 Å². The fourth-order valence-electron chi connectivity index (χ4n) is 2.75. The number of halogens is 2. The van der Waals surface area contributed by atoms with Crippen molar-refractivity contribution in [3.63, 3.8) is 0 Å². The molecule has 3 rings (SSSR count). The molecule has 0 bridgehead atoms. The predicted octanol–water partition coefficient (Wildman–Crippen LogP) is 1.87. The van der Waals surface area contributed by atoms with Crippen molar-refractivity contribution in [3.8, 4) is 0 Å². The Bertz CT molecular complexity index is 668. The van der Waals surface area contributed by atoms with Crippen LogP contribution in [-0.4, -0.2) is 34.6 Å². The summed E-state index contributed by atoms with van der Waals surface area (Å²) < 4.78 is 28.7. The van der Waals surface area contributed by atoms with Gasteiger partial charge >= 0.3 is 5.69 Å². The Labute approximate surface area is 108 Å². The van der Waals surface area contributed by atoms with Gasteiger partial charge in [0.25, 0.3) is 0 Å². The van der Waals surface area contributed by atoms with Gasteiger partial charge in [0.1, 0.15) is 5.52 Å². The van der Waals surface area contributed by atoms with E-state index in [2.05, 4.69) is 9.88 Å². The molecule has 0 saturated carbocycles. The van der Waals surface area contributed by atoms with E-state index in [1.54, 1.807) is 0 Å². The summed E-state index contributed by atoms with van der Waals surface area (Å²) in [6.45, 7) is 1.70. The highest BCUT2D eigenvalue weighted by Crippen LogP contribution is 2.26. The van der Waals surface area contributed by atoms with Gasteiger partial charge in [-0.3, -0.25) is 4.57 Å². The number of hydrogen-bond acceptors (Lipinski definition) is 2. The number of aromatic nitrogens is 2. The van der Waals surface area contributed by atoms with E-state index in [4.69, 9.17) is 0 Å². The summed E-state index contributed by atoms with van der Waals surface area (Å²) in [4.78, 5) is 16.7. The van der Waals surface area contributed by atoms with Crippen LogP contribution in [0.25, 0.3) is 11.0 Å². The van der Waals surface area contributed by atoms with Gasteiger partial charge in [-0.05, 0) is 45.1 Å². The summed E-state index contributed by atoms with van der Waals surface area (Å²) in [6, 6.07) is 2.36. The third kappa shape index (κ3) is 1.96. The van der Waals surface area contributed by atoms with Crippen LogP contribution in [0.4, 0.5) is 8.78 Å². The van der Waals surface area contributed by atoms with Gasteiger partial charge < -0.3 is 9.88 Å². The lowest BCUT2D eigenvalue weighted by molar-refractivity contribution is 0.221. The molecule has 1 aromatic heterocycles. The quantitative estimate of drug-likeness (QED) is 0.857. The number of imidazole rings is 1. The molecule has 0 radical (unpaired) electrons. The normalized spacial score (nSPS) is 18.3. The van der Waals surface area contributed by atoms with Gasteiger partial charge in [-0.15, -0.1) is 0 Å². The zero-order valence-electron chi connectivity index (χ0n) is 10.6. The molecule has 1 aliphatic heterocycles. The Hall–Kier alpha value is -1.69. The maximum atomic E-state index is 13.9. The average Bonchev–Trinajstić information content (AvgIpc) is 2.72. The number of aromatic amines is 1. The molecule has 4 nitrogen and oxygen atoms in total. The van der Waals surface area contributed by atoms with Crippen molar-refractivity contribution in [3.05, 3.63) is 34.3 Å². The zero-order valence-corrected chi connectivity index (χ0v) is 10.6. The van der Waals surface area contributed by atoms with Crippen LogP contribution in [0.1, 0.15) is 18.9 Å². The summed E-state index contributed by atoms with van der Waals surface area (Å²) >= 11 is 0. The van der Waals surface area contributed by atoms with Crippen molar-refractivity contribution in [1.82, 2.24) is 14.5 Å². The molecule has 0 atom stereocenters. The van der Waals surface area contributed by atoms with Crippen LogP contribution in [0.2, 0.25) is 0 Å². The van der Waals surface area contributed by atoms with Crippen molar-refractivity contribution in [2.45, 2.75) is 18.9 Å². The minimum Gasteiger partial charge on any atom is -0.306 e. The van der Waals surface area contributed by atoms with E-state index >= 15 is 0 Å². The van der Waals surface area contributed by atoms with Crippen molar-refractivity contribution < 1.29 is 8.78 Å². The number of nitrogens with one attached hydrogen (secondary N) is 1. The smallest absolute Gasteiger partial charge is 0.306 e. The van der Waals surface area contributed by atoms with Crippen molar-refractivity contribution in [2.24, 2.45) is 0 Å². The molecule has 6 heteroatoms. The molecule has 1 aromatic carbocycles. The van der Waals surface area contributed by atoms with E-state index < -0.39 is 11.6 Å². The Morgan fingerprint density at radius 1 is 1.26 bits per heavy atom. The lowest BCUT2D eigenvalue weighted by atomic mass is 10.1. The molecular formula is C13H15F2N3O. The minimum absolute atomic E-state index is 0.0551. The first-order chi connectivity index (χ1) is 9.08. The molecule has 2 heterocycles. The highest BCUT2D eigenvalue weighted by Gasteiger charge is 2.24. The number of piperidine rings is 1. The van der Waals surface area contributed by atoms with Gasteiger partial charge in [-0.25, -0.2) is 13.6 Å². The molecule has 1 saturated heterocycles. The van der Waals surface area contributed by atoms with Crippen LogP contribution in [-0.2, 0) is 0 Å². The molecule has 0 amide bonds. The van der Waals surface area contributed by atoms with Gasteiger partial charge in [0, 0.05) is 6.04 Å². The van der Waals surface area contributed by atoms with Crippen LogP contribution in [0.15, 0.2) is 16.9 Å². The number of likely N-dealkylation sites (tertiary alicyclic amines) is 1. The van der Waals surface area contributed by atoms with Gasteiger partial charge in [0.2, 0.25) is 0 Å². The number of benzene rings is 1. The lowest BCUT2D eigenvalue weighted by Crippen LogP contribution is -2.34. The second-order valence-corrected chi connectivity index (χ2v) is 5.09. The molecule has 0 spiro atoms. The minimum atomic E-state index is -0.949. The summed E-state index contributed by atoms with van der Waals surface area (Å²) in [5, 5.41) is 0. The number of H-pyrrole nitrogens is 1. The monoisotopic (exact) mass is 267 g/mol. The van der Waals surface area contributed by atoms with E-state index in [0.717, 1.165) is 32.0 Å². The first kappa shape index (κ1) is 12.3. The fraction of sp³-hybridized carbons (Fsp3) is 0.462. The Morgan fingerprint density at radius 2 is 1.95 bits per heavy atom. The number of fused-ring (bicyclic) bond motifs is 1. The molecule has 2 aromatic rings. The van der Waals surface area contributed by atoms with E-state index in [-0.39, 0.29) is 17.2 Å². The lowest BCUT2D eigenvalue weighted by Gasteiger charge is -2.29. The van der Waals surface area contributed by atoms with Crippen LogP contribution in [0, 0.1) is 11.6 Å². The maximum Gasteiger partial charge on any atom is 0.326 e. The van der Waals surface area contributed by atoms with Gasteiger partial charge in [-0.2, -0.15) is 0 Å². The Balaban J connectivity index is 2.15. The molecular weight excluding hydrogens is 252 g/mol. The van der Waals surface area contributed by atoms with Crippen LogP contribution in [0.3, 0.4) is 0 Å². The highest BCUT2D eigenvalue weighted by atomic mass is 19.2. The van der Waals surface area contributed by atoms with Crippen molar-refractivity contribution >= 4 is 11.0 Å². The molecule has 0 aliphatic carbocycles. The predicted molar refractivity (Wildman–Crippen MR) is 68.2 cm³/mol. The zero-order chi connectivity index (χ0) is 13.6. The Morgan fingerprint density at radius 3 is 2.63 bits per heavy atom. The van der Waals surface area contributed by atoms with Crippen molar-refractivity contribution in [2.75, 3.05) is 20.1 Å². The first-order valence-corrected chi connectivity index (χ1v) is 6.34. The summed E-state index contributed by atoms with van der Waals surface area (Å²) in [6.07, 6.45) is 1.53. The third-order valence-corrected chi connectivity index (χ3v) is 3.82. The highest BCUT2D eigenvalue weighted by molar-refractivity contribution is 5.76. The average molecular weight is 267 g/mol. The molecule has 1 aliphatic rings. The SMILES string of the molecule is CN1CCC(n2c(=O)[nH]c3ccc(F)c(F)c32)CC1. The number of nitrogens with zero attached hydrogens (tertiary/aromatic N) is 2. The van der Waals surface area contributed by atoms with E-state index in [0.29, 0.717) is 5.52 Å². The van der Waals surface area contributed by atoms with Crippen molar-refractivity contribution in [1.29, 1.82) is 0 Å². The maximum absolute atomic E-state index is 13.9. The standard InChI is InChI=1S/C13H15F2N3O/c1-17-6-4-8(5-7-17)18-12-10(16-13(18)19)3-2-9(14)11(12)15/h2-3,8H,4-7H2,1H3,(H,16,19). The molecule has 19 heavy (non-hydrogen) atoms. The summed E-state index contributed by atoms with van der Waals surface area (Å²) in [5.41, 5.74) is 0.0384. The number of hydrogen-bond donors (Lipinski definition) is 1. The molecule has 0 unspecified atom stereocenters. The topological polar surface area (TPSA) is 41.0 Å². The van der Waals surface area contributed by atoms with Gasteiger partial charge in [0.05, 0.1) is 5.52 Å². The number of rotatable bonds is 1. The van der Waals surface area contributed by atoms with Crippen LogP contribution < -0.4 is 5.69 Å². The van der Waals surface area contributed by atoms with E-state index in [1.807, 2.05) is 7.05 Å². The third-order valence-electron chi connectivity index (χ3n) is 3.82. The molecule has 1 fully saturated rings. The summed E-state index contributed by atoms with van der Waals surface area (Å²) in [5.74, 6) is -1.87. The van der Waals surface area contributed by atoms with E-state index in [9.17, 15) is 13.6 Å². The Kier molecular flexibility index (Phi) is 2.89. The molecule has 102 valence electrons. The largest absolute Gasteiger partial charge is 0.326 e. The fourth-order valence-corrected chi connectivity index (χ4v) is 2.75. The van der Waals surface area contributed by atoms with Gasteiger partial charge in [0.15, 0.2) is 11.6 Å². The molecule has 1 N–H and O–H groups in total. The second-order valence-electron chi connectivity index (χ2n) is 5.09. The summed E-state index contributed by atoms with van der Waals surface area (Å²) in [7, 11) is 2.01. The van der Waals surface area contributed by atoms with Gasteiger partial charge in [-0.1, -0.05) is 0 Å². The van der Waals surface area contributed by atoms with Crippen LogP contribution in [0.5, 0.6) is 0 Å². The van der Waals surface area contributed by atoms with E-state index in [1.165, 1.54) is 10.6 Å². The second kappa shape index (κ2) is 4.45.